The monoisotopic (exact) mass is 685 g/mol. The van der Waals surface area contributed by atoms with Gasteiger partial charge in [-0.2, -0.15) is 0 Å². The minimum atomic E-state index is -0.413. The molecule has 3 fully saturated rings. The van der Waals surface area contributed by atoms with E-state index in [1.54, 1.807) is 33.3 Å². The van der Waals surface area contributed by atoms with Gasteiger partial charge in [0.15, 0.2) is 0 Å². The van der Waals surface area contributed by atoms with E-state index < -0.39 is 6.04 Å². The molecule has 0 saturated carbocycles. The van der Waals surface area contributed by atoms with E-state index in [0.717, 1.165) is 74.4 Å². The van der Waals surface area contributed by atoms with E-state index in [9.17, 15) is 19.2 Å². The third kappa shape index (κ3) is 7.78. The number of nitrogens with one attached hydrogen (secondary N) is 2. The maximum atomic E-state index is 15.6. The van der Waals surface area contributed by atoms with E-state index in [1.165, 1.54) is 4.57 Å². The summed E-state index contributed by atoms with van der Waals surface area (Å²) in [6, 6.07) is 11.0. The van der Waals surface area contributed by atoms with Crippen LogP contribution in [0.3, 0.4) is 0 Å². The van der Waals surface area contributed by atoms with Gasteiger partial charge < -0.3 is 19.5 Å². The number of halogens is 1. The molecule has 0 radical (unpaired) electrons. The molecular weight excluding hydrogens is 637 g/mol. The number of aryl methyl sites for hydroxylation is 1. The zero-order chi connectivity index (χ0) is 35.5. The molecule has 1 aromatic heterocycles. The quantitative estimate of drug-likeness (QED) is 0.294. The lowest BCUT2D eigenvalue weighted by Crippen LogP contribution is -2.47. The van der Waals surface area contributed by atoms with Gasteiger partial charge in [-0.25, -0.2) is 4.39 Å². The summed E-state index contributed by atoms with van der Waals surface area (Å²) >= 11 is 0. The van der Waals surface area contributed by atoms with Crippen LogP contribution in [-0.4, -0.2) is 72.9 Å². The average molecular weight is 686 g/mol. The van der Waals surface area contributed by atoms with E-state index in [-0.39, 0.29) is 29.1 Å². The number of carbonyl (C=O) groups excluding carboxylic acids is 3. The summed E-state index contributed by atoms with van der Waals surface area (Å²) in [6.07, 6.45) is 6.57. The maximum Gasteiger partial charge on any atom is 0.253 e. The number of carbonyl (C=O) groups is 3. The number of methoxy groups -OCH3 is 1. The number of ketones is 1. The molecule has 3 saturated heterocycles. The fourth-order valence-electron chi connectivity index (χ4n) is 7.66. The molecule has 266 valence electrons. The van der Waals surface area contributed by atoms with Crippen LogP contribution in [0.2, 0.25) is 0 Å². The van der Waals surface area contributed by atoms with Gasteiger partial charge in [-0.05, 0) is 119 Å². The van der Waals surface area contributed by atoms with Crippen molar-refractivity contribution in [3.8, 4) is 16.9 Å². The Morgan fingerprint density at radius 3 is 2.32 bits per heavy atom. The summed E-state index contributed by atoms with van der Waals surface area (Å²) in [7, 11) is 3.28. The summed E-state index contributed by atoms with van der Waals surface area (Å²) in [5.41, 5.74) is 5.43. The number of hydrogen-bond donors (Lipinski definition) is 2. The van der Waals surface area contributed by atoms with Crippen molar-refractivity contribution in [2.75, 3.05) is 50.1 Å². The van der Waals surface area contributed by atoms with E-state index >= 15 is 4.39 Å². The SMILES string of the molecule is COc1cc(-c2cn(C)c(=O)c(C)c2C)cc(F)c1CC1CCN(CC(=O)C2CCN(c3ccc(NC4CCC(=O)NC4=O)cc3)CC2)CC1. The number of nitrogens with zero attached hydrogens (tertiary/aromatic N) is 3. The summed E-state index contributed by atoms with van der Waals surface area (Å²) in [4.78, 5) is 53.7. The summed E-state index contributed by atoms with van der Waals surface area (Å²) < 4.78 is 22.8. The summed E-state index contributed by atoms with van der Waals surface area (Å²) in [5, 5.41) is 5.59. The zero-order valence-corrected chi connectivity index (χ0v) is 29.5. The molecule has 2 N–H and O–H groups in total. The molecular formula is C39H48FN5O5. The minimum absolute atomic E-state index is 0.0498. The van der Waals surface area contributed by atoms with Crippen molar-refractivity contribution < 1.29 is 23.5 Å². The van der Waals surface area contributed by atoms with E-state index in [2.05, 4.69) is 20.4 Å². The van der Waals surface area contributed by atoms with Gasteiger partial charge in [0.05, 0.1) is 13.7 Å². The molecule has 1 atom stereocenters. The number of ether oxygens (including phenoxy) is 1. The molecule has 6 rings (SSSR count). The second kappa shape index (κ2) is 15.2. The van der Waals surface area contributed by atoms with Crippen molar-refractivity contribution in [2.24, 2.45) is 18.9 Å². The topological polar surface area (TPSA) is 113 Å². The molecule has 0 spiro atoms. The van der Waals surface area contributed by atoms with Gasteiger partial charge >= 0.3 is 0 Å². The van der Waals surface area contributed by atoms with Crippen LogP contribution < -0.4 is 25.8 Å². The average Bonchev–Trinajstić information content (AvgIpc) is 3.12. The maximum absolute atomic E-state index is 15.6. The molecule has 0 bridgehead atoms. The number of imide groups is 1. The Hall–Kier alpha value is -4.51. The predicted molar refractivity (Wildman–Crippen MR) is 192 cm³/mol. The third-order valence-electron chi connectivity index (χ3n) is 11.0. The lowest BCUT2D eigenvalue weighted by molar-refractivity contribution is -0.133. The number of aromatic nitrogens is 1. The van der Waals surface area contributed by atoms with Crippen LogP contribution in [-0.2, 0) is 27.9 Å². The van der Waals surface area contributed by atoms with Crippen LogP contribution in [0.25, 0.3) is 11.1 Å². The van der Waals surface area contributed by atoms with Gasteiger partial charge in [0, 0.05) is 66.7 Å². The Morgan fingerprint density at radius 1 is 0.960 bits per heavy atom. The first-order valence-corrected chi connectivity index (χ1v) is 17.7. The molecule has 3 aliphatic heterocycles. The molecule has 0 aliphatic carbocycles. The van der Waals surface area contributed by atoms with Crippen LogP contribution in [0.1, 0.15) is 55.2 Å². The largest absolute Gasteiger partial charge is 0.496 e. The molecule has 2 amide bonds. The molecule has 1 unspecified atom stereocenters. The Kier molecular flexibility index (Phi) is 10.7. The number of pyridine rings is 1. The van der Waals surface area contributed by atoms with E-state index in [1.807, 2.05) is 37.3 Å². The molecule has 3 aliphatic rings. The zero-order valence-electron chi connectivity index (χ0n) is 29.5. The Morgan fingerprint density at radius 2 is 1.66 bits per heavy atom. The number of rotatable bonds is 10. The smallest absolute Gasteiger partial charge is 0.253 e. The lowest BCUT2D eigenvalue weighted by Gasteiger charge is -2.35. The Balaban J connectivity index is 0.968. The number of amides is 2. The highest BCUT2D eigenvalue weighted by atomic mass is 19.1. The van der Waals surface area contributed by atoms with Crippen molar-refractivity contribution in [1.29, 1.82) is 0 Å². The van der Waals surface area contributed by atoms with Crippen LogP contribution in [0.5, 0.6) is 5.75 Å². The number of hydrogen-bond acceptors (Lipinski definition) is 8. The number of piperidine rings is 3. The first kappa shape index (κ1) is 35.3. The lowest BCUT2D eigenvalue weighted by atomic mass is 9.87. The van der Waals surface area contributed by atoms with Crippen LogP contribution in [0.15, 0.2) is 47.4 Å². The fraction of sp³-hybridized carbons (Fsp3) is 0.487. The fourth-order valence-corrected chi connectivity index (χ4v) is 7.66. The van der Waals surface area contributed by atoms with Crippen LogP contribution in [0, 0.1) is 31.5 Å². The summed E-state index contributed by atoms with van der Waals surface area (Å²) in [5.74, 6) is 0.362. The van der Waals surface area contributed by atoms with Crippen LogP contribution in [0.4, 0.5) is 15.8 Å². The second-order valence-electron chi connectivity index (χ2n) is 14.2. The van der Waals surface area contributed by atoms with Gasteiger partial charge in [-0.3, -0.25) is 29.4 Å². The standard InChI is InChI=1S/C39H48FN5O5/c1-24-25(2)39(49)43(3)22-32(24)28-20-33(40)31(36(21-28)50-4)19-26-11-15-44(16-12-26)23-35(46)27-13-17-45(18-14-27)30-7-5-29(6-8-30)41-34-9-10-37(47)42-38(34)48/h5-8,20-22,26-27,34,41H,9-19,23H2,1-4H3,(H,42,47,48). The van der Waals surface area contributed by atoms with Crippen molar-refractivity contribution in [1.82, 2.24) is 14.8 Å². The van der Waals surface area contributed by atoms with Crippen molar-refractivity contribution in [3.63, 3.8) is 0 Å². The molecule has 11 heteroatoms. The number of Topliss-reactive ketones (excluding diaryl/α,β-unsaturated/α-hetero) is 1. The number of likely N-dealkylation sites (tertiary alicyclic amines) is 1. The molecule has 4 heterocycles. The molecule has 2 aromatic carbocycles. The van der Waals surface area contributed by atoms with Gasteiger partial charge in [-0.15, -0.1) is 0 Å². The van der Waals surface area contributed by atoms with Gasteiger partial charge in [0.1, 0.15) is 23.4 Å². The first-order valence-electron chi connectivity index (χ1n) is 17.7. The van der Waals surface area contributed by atoms with Crippen molar-refractivity contribution >= 4 is 29.0 Å². The van der Waals surface area contributed by atoms with Crippen molar-refractivity contribution in [2.45, 2.75) is 64.8 Å². The number of anilines is 2. The summed E-state index contributed by atoms with van der Waals surface area (Å²) in [6.45, 7) is 7.39. The highest BCUT2D eigenvalue weighted by molar-refractivity contribution is 6.01. The molecule has 50 heavy (non-hydrogen) atoms. The second-order valence-corrected chi connectivity index (χ2v) is 14.2. The van der Waals surface area contributed by atoms with E-state index in [0.29, 0.717) is 59.9 Å². The predicted octanol–water partition coefficient (Wildman–Crippen LogP) is 4.77. The van der Waals surface area contributed by atoms with Crippen molar-refractivity contribution in [3.05, 3.63) is 75.5 Å². The van der Waals surface area contributed by atoms with Gasteiger partial charge in [-0.1, -0.05) is 0 Å². The molecule has 10 nitrogen and oxygen atoms in total. The Labute approximate surface area is 293 Å². The first-order chi connectivity index (χ1) is 24.0. The highest BCUT2D eigenvalue weighted by Gasteiger charge is 2.30. The minimum Gasteiger partial charge on any atom is -0.496 e. The Bertz CT molecular complexity index is 1810. The van der Waals surface area contributed by atoms with Crippen LogP contribution >= 0.6 is 0 Å². The highest BCUT2D eigenvalue weighted by Crippen LogP contribution is 2.35. The van der Waals surface area contributed by atoms with E-state index in [4.69, 9.17) is 4.74 Å². The van der Waals surface area contributed by atoms with Gasteiger partial charge in [0.25, 0.3) is 5.56 Å². The molecule has 3 aromatic rings. The van der Waals surface area contributed by atoms with Gasteiger partial charge in [0.2, 0.25) is 11.8 Å². The normalized spacial score (nSPS) is 19.4. The number of benzene rings is 2. The third-order valence-corrected chi connectivity index (χ3v) is 11.0.